The van der Waals surface area contributed by atoms with E-state index < -0.39 is 5.91 Å². The Hall–Kier alpha value is -3.22. The topological polar surface area (TPSA) is 90.1 Å². The maximum Gasteiger partial charge on any atom is 0.276 e. The van der Waals surface area contributed by atoms with Crippen LogP contribution in [0.1, 0.15) is 42.5 Å². The van der Waals surface area contributed by atoms with Crippen LogP contribution in [-0.2, 0) is 12.0 Å². The minimum atomic E-state index is -0.423. The van der Waals surface area contributed by atoms with Gasteiger partial charge < -0.3 is 9.26 Å². The van der Waals surface area contributed by atoms with Gasteiger partial charge in [-0.2, -0.15) is 0 Å². The Morgan fingerprint density at radius 1 is 1.15 bits per heavy atom. The van der Waals surface area contributed by atoms with Gasteiger partial charge >= 0.3 is 0 Å². The van der Waals surface area contributed by atoms with E-state index >= 15 is 0 Å². The first kappa shape index (κ1) is 17.6. The van der Waals surface area contributed by atoms with Crippen molar-refractivity contribution in [2.45, 2.75) is 32.8 Å². The van der Waals surface area contributed by atoms with Crippen molar-refractivity contribution in [2.24, 2.45) is 0 Å². The molecule has 1 aromatic carbocycles. The highest BCUT2D eigenvalue weighted by molar-refractivity contribution is 6.02. The van der Waals surface area contributed by atoms with Crippen LogP contribution in [0.5, 0.6) is 5.88 Å². The molecule has 0 atom stereocenters. The Morgan fingerprint density at radius 3 is 2.62 bits per heavy atom. The number of nitrogens with zero attached hydrogens (tertiary/aromatic N) is 3. The second-order valence-electron chi connectivity index (χ2n) is 6.80. The van der Waals surface area contributed by atoms with Gasteiger partial charge in [0.05, 0.1) is 5.69 Å². The fourth-order valence-electron chi connectivity index (χ4n) is 2.14. The third kappa shape index (κ3) is 4.44. The first-order valence-electron chi connectivity index (χ1n) is 8.19. The highest BCUT2D eigenvalue weighted by atomic mass is 16.5. The predicted molar refractivity (Wildman–Crippen MR) is 96.0 cm³/mol. The quantitative estimate of drug-likeness (QED) is 0.754. The standard InChI is InChI=1S/C19H20N4O3/c1-19(2,3)15-10-17(26-23-15)22-18(24)14-9-16(21-12-20-14)25-11-13-7-5-4-6-8-13/h4-10,12H,11H2,1-3H3,(H,22,24). The Balaban J connectivity index is 1.65. The van der Waals surface area contributed by atoms with Crippen LogP contribution in [0.2, 0.25) is 0 Å². The Morgan fingerprint density at radius 2 is 1.92 bits per heavy atom. The Labute approximate surface area is 151 Å². The summed E-state index contributed by atoms with van der Waals surface area (Å²) in [6.07, 6.45) is 1.29. The molecule has 1 amide bonds. The third-order valence-corrected chi connectivity index (χ3v) is 3.62. The van der Waals surface area contributed by atoms with Gasteiger partial charge in [-0.05, 0) is 5.56 Å². The van der Waals surface area contributed by atoms with Crippen molar-refractivity contribution in [1.29, 1.82) is 0 Å². The van der Waals surface area contributed by atoms with Crippen LogP contribution in [0, 0.1) is 0 Å². The molecule has 1 N–H and O–H groups in total. The van der Waals surface area contributed by atoms with E-state index in [-0.39, 0.29) is 17.0 Å². The van der Waals surface area contributed by atoms with E-state index in [1.54, 1.807) is 6.07 Å². The lowest BCUT2D eigenvalue weighted by Crippen LogP contribution is -2.14. The number of hydrogen-bond donors (Lipinski definition) is 1. The van der Waals surface area contributed by atoms with Gasteiger partial charge in [-0.1, -0.05) is 56.3 Å². The summed E-state index contributed by atoms with van der Waals surface area (Å²) in [7, 11) is 0. The van der Waals surface area contributed by atoms with Gasteiger partial charge in [-0.25, -0.2) is 9.97 Å². The molecule has 0 aliphatic rings. The first-order chi connectivity index (χ1) is 12.4. The van der Waals surface area contributed by atoms with Crippen LogP contribution in [-0.4, -0.2) is 21.0 Å². The number of rotatable bonds is 5. The average molecular weight is 352 g/mol. The van der Waals surface area contributed by atoms with Gasteiger partial charge in [0, 0.05) is 17.5 Å². The normalized spacial score (nSPS) is 11.2. The minimum absolute atomic E-state index is 0.167. The Bertz CT molecular complexity index is 885. The number of anilines is 1. The lowest BCUT2D eigenvalue weighted by molar-refractivity contribution is 0.101. The van der Waals surface area contributed by atoms with Crippen molar-refractivity contribution in [1.82, 2.24) is 15.1 Å². The fourth-order valence-corrected chi connectivity index (χ4v) is 2.14. The smallest absolute Gasteiger partial charge is 0.276 e. The average Bonchev–Trinajstić information content (AvgIpc) is 3.10. The molecular weight excluding hydrogens is 332 g/mol. The van der Waals surface area contributed by atoms with Gasteiger partial charge in [0.25, 0.3) is 5.91 Å². The molecule has 134 valence electrons. The van der Waals surface area contributed by atoms with Gasteiger partial charge in [0.1, 0.15) is 18.6 Å². The predicted octanol–water partition coefficient (Wildman–Crippen LogP) is 3.59. The van der Waals surface area contributed by atoms with Crippen molar-refractivity contribution < 1.29 is 14.1 Å². The van der Waals surface area contributed by atoms with Crippen molar-refractivity contribution in [3.8, 4) is 5.88 Å². The molecule has 3 aromatic rings. The van der Waals surface area contributed by atoms with E-state index in [1.165, 1.54) is 12.4 Å². The van der Waals surface area contributed by atoms with Crippen molar-refractivity contribution in [3.05, 3.63) is 65.7 Å². The number of carbonyl (C=O) groups is 1. The van der Waals surface area contributed by atoms with Crippen LogP contribution >= 0.6 is 0 Å². The third-order valence-electron chi connectivity index (χ3n) is 3.62. The highest BCUT2D eigenvalue weighted by Crippen LogP contribution is 2.24. The number of nitrogens with one attached hydrogen (secondary N) is 1. The molecule has 26 heavy (non-hydrogen) atoms. The molecule has 7 heteroatoms. The molecule has 0 aliphatic carbocycles. The van der Waals surface area contributed by atoms with Gasteiger partial charge in [0.2, 0.25) is 11.8 Å². The molecule has 2 heterocycles. The summed E-state index contributed by atoms with van der Waals surface area (Å²) in [6, 6.07) is 12.9. The van der Waals surface area contributed by atoms with Crippen molar-refractivity contribution in [2.75, 3.05) is 5.32 Å². The lowest BCUT2D eigenvalue weighted by Gasteiger charge is -2.12. The SMILES string of the molecule is CC(C)(C)c1cc(NC(=O)c2cc(OCc3ccccc3)ncn2)on1. The van der Waals surface area contributed by atoms with Crippen LogP contribution in [0.15, 0.2) is 53.3 Å². The molecule has 2 aromatic heterocycles. The second-order valence-corrected chi connectivity index (χ2v) is 6.80. The molecular formula is C19H20N4O3. The molecule has 0 saturated carbocycles. The van der Waals surface area contributed by atoms with E-state index in [0.29, 0.717) is 12.5 Å². The number of aromatic nitrogens is 3. The summed E-state index contributed by atoms with van der Waals surface area (Å²) in [5.74, 6) is 0.167. The van der Waals surface area contributed by atoms with E-state index in [2.05, 4.69) is 20.4 Å². The van der Waals surface area contributed by atoms with Gasteiger partial charge in [0.15, 0.2) is 0 Å². The summed E-state index contributed by atoms with van der Waals surface area (Å²) >= 11 is 0. The van der Waals surface area contributed by atoms with Crippen LogP contribution < -0.4 is 10.1 Å². The zero-order valence-electron chi connectivity index (χ0n) is 14.9. The van der Waals surface area contributed by atoms with Gasteiger partial charge in [-0.15, -0.1) is 0 Å². The van der Waals surface area contributed by atoms with Gasteiger partial charge in [-0.3, -0.25) is 10.1 Å². The molecule has 0 unspecified atom stereocenters. The molecule has 7 nitrogen and oxygen atoms in total. The number of ether oxygens (including phenoxy) is 1. The number of hydrogen-bond acceptors (Lipinski definition) is 6. The van der Waals surface area contributed by atoms with E-state index in [1.807, 2.05) is 51.1 Å². The zero-order valence-corrected chi connectivity index (χ0v) is 14.9. The van der Waals surface area contributed by atoms with E-state index in [4.69, 9.17) is 9.26 Å². The van der Waals surface area contributed by atoms with E-state index in [9.17, 15) is 4.79 Å². The first-order valence-corrected chi connectivity index (χ1v) is 8.19. The number of amides is 1. The molecule has 0 spiro atoms. The number of carbonyl (C=O) groups excluding carboxylic acids is 1. The summed E-state index contributed by atoms with van der Waals surface area (Å²) in [4.78, 5) is 20.4. The molecule has 3 rings (SSSR count). The maximum atomic E-state index is 12.4. The molecule has 0 bridgehead atoms. The summed E-state index contributed by atoms with van der Waals surface area (Å²) < 4.78 is 10.8. The number of benzene rings is 1. The summed E-state index contributed by atoms with van der Waals surface area (Å²) in [5.41, 5.74) is 1.77. The monoisotopic (exact) mass is 352 g/mol. The van der Waals surface area contributed by atoms with E-state index in [0.717, 1.165) is 11.3 Å². The molecule has 0 fully saturated rings. The van der Waals surface area contributed by atoms with Crippen molar-refractivity contribution in [3.63, 3.8) is 0 Å². The lowest BCUT2D eigenvalue weighted by atomic mass is 9.92. The largest absolute Gasteiger partial charge is 0.473 e. The van der Waals surface area contributed by atoms with Crippen LogP contribution in [0.3, 0.4) is 0 Å². The van der Waals surface area contributed by atoms with Crippen LogP contribution in [0.25, 0.3) is 0 Å². The molecule has 0 saturated heterocycles. The molecule has 0 aliphatic heterocycles. The zero-order chi connectivity index (χ0) is 18.6. The minimum Gasteiger partial charge on any atom is -0.473 e. The fraction of sp³-hybridized carbons (Fsp3) is 0.263. The maximum absolute atomic E-state index is 12.4. The highest BCUT2D eigenvalue weighted by Gasteiger charge is 2.20. The summed E-state index contributed by atoms with van der Waals surface area (Å²) in [6.45, 7) is 6.39. The Kier molecular flexibility index (Phi) is 4.97. The summed E-state index contributed by atoms with van der Waals surface area (Å²) in [5, 5.41) is 6.61. The second kappa shape index (κ2) is 7.35. The van der Waals surface area contributed by atoms with Crippen LogP contribution in [0.4, 0.5) is 5.88 Å². The van der Waals surface area contributed by atoms with Crippen molar-refractivity contribution >= 4 is 11.8 Å². The molecule has 0 radical (unpaired) electrons.